The third-order valence-corrected chi connectivity index (χ3v) is 4.69. The number of nitrogens with zero attached hydrogens (tertiary/aromatic N) is 3. The molecule has 1 aliphatic carbocycles. The fraction of sp³-hybridized carbons (Fsp3) is 0.412. The van der Waals surface area contributed by atoms with E-state index in [0.29, 0.717) is 12.0 Å². The first-order valence-electron chi connectivity index (χ1n) is 7.65. The molecule has 2 fully saturated rings. The van der Waals surface area contributed by atoms with Gasteiger partial charge < -0.3 is 4.90 Å². The third kappa shape index (κ3) is 2.62. The Hall–Kier alpha value is -1.61. The second-order valence-electron chi connectivity index (χ2n) is 5.98. The van der Waals surface area contributed by atoms with Crippen molar-refractivity contribution in [3.63, 3.8) is 0 Å². The Kier molecular flexibility index (Phi) is 3.30. The number of rotatable bonds is 3. The molecule has 1 unspecified atom stereocenters. The van der Waals surface area contributed by atoms with Crippen LogP contribution in [0.25, 0.3) is 0 Å². The molecule has 2 aromatic rings. The second-order valence-corrected chi connectivity index (χ2v) is 6.42. The molecule has 0 radical (unpaired) electrons. The van der Waals surface area contributed by atoms with Crippen LogP contribution >= 0.6 is 11.6 Å². The van der Waals surface area contributed by atoms with E-state index in [4.69, 9.17) is 16.6 Å². The number of hydrogen-bond acceptors (Lipinski definition) is 3. The average Bonchev–Trinajstić information content (AvgIpc) is 3.26. The van der Waals surface area contributed by atoms with Crippen molar-refractivity contribution in [2.24, 2.45) is 0 Å². The zero-order chi connectivity index (χ0) is 14.2. The highest BCUT2D eigenvalue weighted by atomic mass is 35.5. The van der Waals surface area contributed by atoms with E-state index in [-0.39, 0.29) is 0 Å². The first-order chi connectivity index (χ1) is 10.3. The average molecular weight is 300 g/mol. The predicted molar refractivity (Wildman–Crippen MR) is 84.8 cm³/mol. The van der Waals surface area contributed by atoms with Crippen LogP contribution in [0.1, 0.15) is 48.9 Å². The first-order valence-corrected chi connectivity index (χ1v) is 8.03. The summed E-state index contributed by atoms with van der Waals surface area (Å²) in [5.41, 5.74) is 2.48. The Labute approximate surface area is 130 Å². The zero-order valence-electron chi connectivity index (χ0n) is 11.9. The molecule has 4 rings (SSSR count). The van der Waals surface area contributed by atoms with Crippen LogP contribution in [-0.2, 0) is 0 Å². The lowest BCUT2D eigenvalue weighted by Gasteiger charge is -2.26. The summed E-state index contributed by atoms with van der Waals surface area (Å²) in [5, 5.41) is 0.791. The van der Waals surface area contributed by atoms with Crippen molar-refractivity contribution < 1.29 is 0 Å². The van der Waals surface area contributed by atoms with Crippen LogP contribution in [-0.4, -0.2) is 16.5 Å². The largest absolute Gasteiger partial charge is 0.348 e. The number of anilines is 1. The van der Waals surface area contributed by atoms with E-state index in [2.05, 4.69) is 22.0 Å². The number of hydrogen-bond donors (Lipinski definition) is 0. The van der Waals surface area contributed by atoms with E-state index in [1.54, 1.807) is 0 Å². The maximum atomic E-state index is 6.00. The lowest BCUT2D eigenvalue weighted by Crippen LogP contribution is -2.24. The van der Waals surface area contributed by atoms with Gasteiger partial charge in [-0.15, -0.1) is 0 Å². The summed E-state index contributed by atoms with van der Waals surface area (Å²) in [6, 6.07) is 8.60. The van der Waals surface area contributed by atoms with Gasteiger partial charge in [-0.05, 0) is 43.4 Å². The molecule has 21 heavy (non-hydrogen) atoms. The topological polar surface area (TPSA) is 29.0 Å². The highest BCUT2D eigenvalue weighted by Gasteiger charge is 2.30. The maximum absolute atomic E-state index is 6.00. The summed E-state index contributed by atoms with van der Waals surface area (Å²) in [6.07, 6.45) is 8.71. The van der Waals surface area contributed by atoms with E-state index in [1.807, 2.05) is 24.5 Å². The Bertz CT molecular complexity index is 637. The summed E-state index contributed by atoms with van der Waals surface area (Å²) in [7, 11) is 0. The van der Waals surface area contributed by atoms with Crippen molar-refractivity contribution in [1.29, 1.82) is 0 Å². The second kappa shape index (κ2) is 5.30. The van der Waals surface area contributed by atoms with Gasteiger partial charge in [0.15, 0.2) is 0 Å². The van der Waals surface area contributed by atoms with Crippen molar-refractivity contribution in [3.8, 4) is 0 Å². The molecule has 2 aliphatic rings. The number of benzene rings is 1. The Morgan fingerprint density at radius 3 is 2.62 bits per heavy atom. The van der Waals surface area contributed by atoms with E-state index in [9.17, 15) is 0 Å². The first kappa shape index (κ1) is 13.1. The molecule has 1 atom stereocenters. The molecule has 0 spiro atoms. The van der Waals surface area contributed by atoms with Gasteiger partial charge in [0.25, 0.3) is 0 Å². The van der Waals surface area contributed by atoms with Crippen molar-refractivity contribution in [3.05, 3.63) is 52.9 Å². The van der Waals surface area contributed by atoms with Gasteiger partial charge in [-0.25, -0.2) is 4.98 Å². The van der Waals surface area contributed by atoms with Crippen LogP contribution in [0.5, 0.6) is 0 Å². The molecule has 4 heteroatoms. The van der Waals surface area contributed by atoms with Crippen molar-refractivity contribution in [1.82, 2.24) is 9.97 Å². The van der Waals surface area contributed by atoms with E-state index in [1.165, 1.54) is 24.8 Å². The van der Waals surface area contributed by atoms with Crippen LogP contribution in [0.2, 0.25) is 5.02 Å². The standard InChI is InChI=1S/C17H18ClN3/c18-14-7-5-13(6-8-14)16-2-1-9-21(16)17-11-19-10-15(20-17)12-3-4-12/h5-8,10-12,16H,1-4,9H2. The van der Waals surface area contributed by atoms with Crippen LogP contribution in [0.3, 0.4) is 0 Å². The fourth-order valence-corrected chi connectivity index (χ4v) is 3.28. The molecule has 1 aromatic carbocycles. The Balaban J connectivity index is 1.63. The normalized spacial score (nSPS) is 21.8. The van der Waals surface area contributed by atoms with Crippen molar-refractivity contribution in [2.45, 2.75) is 37.6 Å². The van der Waals surface area contributed by atoms with Crippen LogP contribution in [0.4, 0.5) is 5.82 Å². The summed E-state index contributed by atoms with van der Waals surface area (Å²) < 4.78 is 0. The van der Waals surface area contributed by atoms with Gasteiger partial charge in [0.1, 0.15) is 5.82 Å². The van der Waals surface area contributed by atoms with Gasteiger partial charge in [-0.2, -0.15) is 0 Å². The predicted octanol–water partition coefficient (Wildman–Crippen LogP) is 4.35. The number of halogens is 1. The molecule has 1 aromatic heterocycles. The molecular formula is C17H18ClN3. The third-order valence-electron chi connectivity index (χ3n) is 4.44. The van der Waals surface area contributed by atoms with Gasteiger partial charge in [0.05, 0.1) is 17.9 Å². The number of aromatic nitrogens is 2. The summed E-state index contributed by atoms with van der Waals surface area (Å²) in [5.74, 6) is 1.67. The van der Waals surface area contributed by atoms with E-state index >= 15 is 0 Å². The van der Waals surface area contributed by atoms with Crippen LogP contribution in [0.15, 0.2) is 36.7 Å². The Morgan fingerprint density at radius 1 is 1.05 bits per heavy atom. The minimum atomic E-state index is 0.394. The molecule has 108 valence electrons. The summed E-state index contributed by atoms with van der Waals surface area (Å²) >= 11 is 6.00. The fourth-order valence-electron chi connectivity index (χ4n) is 3.16. The SMILES string of the molecule is Clc1ccc(C2CCCN2c2cncc(C3CC3)n2)cc1. The molecule has 0 bridgehead atoms. The molecule has 1 aliphatic heterocycles. The van der Waals surface area contributed by atoms with Gasteiger partial charge in [0.2, 0.25) is 0 Å². The van der Waals surface area contributed by atoms with Gasteiger partial charge in [-0.1, -0.05) is 23.7 Å². The molecule has 3 nitrogen and oxygen atoms in total. The van der Waals surface area contributed by atoms with E-state index in [0.717, 1.165) is 29.5 Å². The van der Waals surface area contributed by atoms with Crippen molar-refractivity contribution >= 4 is 17.4 Å². The molecule has 0 amide bonds. The van der Waals surface area contributed by atoms with Gasteiger partial charge in [-0.3, -0.25) is 4.98 Å². The molecular weight excluding hydrogens is 282 g/mol. The van der Waals surface area contributed by atoms with Crippen molar-refractivity contribution in [2.75, 3.05) is 11.4 Å². The maximum Gasteiger partial charge on any atom is 0.147 e. The highest BCUT2D eigenvalue weighted by Crippen LogP contribution is 2.40. The molecule has 0 N–H and O–H groups in total. The van der Waals surface area contributed by atoms with E-state index < -0.39 is 0 Å². The quantitative estimate of drug-likeness (QED) is 0.844. The minimum absolute atomic E-state index is 0.394. The zero-order valence-corrected chi connectivity index (χ0v) is 12.6. The monoisotopic (exact) mass is 299 g/mol. The minimum Gasteiger partial charge on any atom is -0.348 e. The van der Waals surface area contributed by atoms with Crippen LogP contribution < -0.4 is 4.90 Å². The van der Waals surface area contributed by atoms with Crippen LogP contribution in [0, 0.1) is 0 Å². The summed E-state index contributed by atoms with van der Waals surface area (Å²) in [6.45, 7) is 1.05. The van der Waals surface area contributed by atoms with Gasteiger partial charge >= 0.3 is 0 Å². The Morgan fingerprint density at radius 2 is 1.86 bits per heavy atom. The lowest BCUT2D eigenvalue weighted by molar-refractivity contribution is 0.707. The highest BCUT2D eigenvalue weighted by molar-refractivity contribution is 6.30. The molecule has 1 saturated carbocycles. The van der Waals surface area contributed by atoms with Gasteiger partial charge in [0, 0.05) is 23.7 Å². The molecule has 2 heterocycles. The smallest absolute Gasteiger partial charge is 0.147 e. The molecule has 1 saturated heterocycles. The summed E-state index contributed by atoms with van der Waals surface area (Å²) in [4.78, 5) is 11.6. The lowest BCUT2D eigenvalue weighted by atomic mass is 10.0.